The quantitative estimate of drug-likeness (QED) is 0.344. The van der Waals surface area contributed by atoms with E-state index in [9.17, 15) is 18.0 Å². The number of fused-ring (bicyclic) bond motifs is 1. The molecule has 13 heavy (non-hydrogen) atoms. The lowest BCUT2D eigenvalue weighted by molar-refractivity contribution is -0.191. The van der Waals surface area contributed by atoms with Gasteiger partial charge in [0.2, 0.25) is 0 Å². The Hall–Kier alpha value is -0.770. The highest BCUT2D eigenvalue weighted by Gasteiger charge is 3.08. The van der Waals surface area contributed by atoms with Gasteiger partial charge in [-0.05, 0) is 8.39 Å². The maximum Gasteiger partial charge on any atom is 0.491 e. The van der Waals surface area contributed by atoms with E-state index in [1.54, 1.807) is 0 Å². The fraction of sp³-hybridized carbons (Fsp3) is 0.667. The minimum atomic E-state index is -4.48. The van der Waals surface area contributed by atoms with Crippen LogP contribution in [0.15, 0.2) is 0 Å². The van der Waals surface area contributed by atoms with Crippen LogP contribution < -0.4 is 0 Å². The highest BCUT2D eigenvalue weighted by Crippen LogP contribution is 3.00. The van der Waals surface area contributed by atoms with E-state index in [1.165, 1.54) is 0 Å². The molecule has 0 amide bonds. The first-order valence-electron chi connectivity index (χ1n) is 3.51. The van der Waals surface area contributed by atoms with E-state index in [1.807, 2.05) is 0 Å². The summed E-state index contributed by atoms with van der Waals surface area (Å²) in [6.45, 7) is 2.18. The summed E-state index contributed by atoms with van der Waals surface area (Å²) in [4.78, 5) is 21.3. The zero-order chi connectivity index (χ0) is 10.1. The lowest BCUT2D eigenvalue weighted by Crippen LogP contribution is -2.41. The Balaban J connectivity index is 2.41. The molecule has 2 rings (SSSR count). The molecule has 0 aliphatic carbocycles. The Kier molecular flexibility index (Phi) is 1.25. The molecule has 0 saturated carbocycles. The van der Waals surface area contributed by atoms with Crippen molar-refractivity contribution in [3.8, 4) is 0 Å². The van der Waals surface area contributed by atoms with Crippen molar-refractivity contribution in [2.45, 2.75) is 24.5 Å². The summed E-state index contributed by atoms with van der Waals surface area (Å²) in [5.74, 6) is -2.67. The molecule has 2 aliphatic heterocycles. The molecule has 2 atom stereocenters. The monoisotopic (exact) mass is 211 g/mol. The number of rotatable bonds is 0. The third-order valence-corrected chi connectivity index (χ3v) is 5.59. The number of halogens is 2. The van der Waals surface area contributed by atoms with Crippen molar-refractivity contribution >= 4 is 19.8 Å². The van der Waals surface area contributed by atoms with E-state index in [4.69, 9.17) is 0 Å². The Morgan fingerprint density at radius 3 is 1.69 bits per heavy atom. The van der Waals surface area contributed by atoms with Gasteiger partial charge in [0.25, 0.3) is 0 Å². The maximum atomic E-state index is 13.2. The number of hydrogen-bond acceptors (Lipinski definition) is 4. The van der Waals surface area contributed by atoms with E-state index < -0.39 is 30.5 Å². The Morgan fingerprint density at radius 1 is 1.08 bits per heavy atom. The average Bonchev–Trinajstić information content (AvgIpc) is 2.30. The van der Waals surface area contributed by atoms with Gasteiger partial charge in [-0.25, -0.2) is 9.59 Å². The highest BCUT2D eigenvalue weighted by atomic mass is 31.2. The SMILES string of the molecule is C[C@]12OC(=O)C(=O)O[C@@]1(C)[P+]2(F)F. The first-order chi connectivity index (χ1) is 5.76. The summed E-state index contributed by atoms with van der Waals surface area (Å²) >= 11 is 0. The summed E-state index contributed by atoms with van der Waals surface area (Å²) < 4.78 is 35.1. The number of carbonyl (C=O) groups excluding carboxylic acids is 2. The summed E-state index contributed by atoms with van der Waals surface area (Å²) in [5, 5.41) is -3.77. The molecule has 2 aliphatic rings. The van der Waals surface area contributed by atoms with Gasteiger partial charge in [-0.3, -0.25) is 0 Å². The smallest absolute Gasteiger partial charge is 0.402 e. The fourth-order valence-electron chi connectivity index (χ4n) is 1.40. The topological polar surface area (TPSA) is 52.6 Å². The van der Waals surface area contributed by atoms with Crippen molar-refractivity contribution in [3.05, 3.63) is 0 Å². The molecular weight excluding hydrogens is 205 g/mol. The van der Waals surface area contributed by atoms with Crippen LogP contribution in [0.2, 0.25) is 0 Å². The first-order valence-corrected chi connectivity index (χ1v) is 5.08. The van der Waals surface area contributed by atoms with E-state index in [0.717, 1.165) is 13.8 Å². The van der Waals surface area contributed by atoms with E-state index in [-0.39, 0.29) is 0 Å². The van der Waals surface area contributed by atoms with Crippen LogP contribution in [0.25, 0.3) is 0 Å². The van der Waals surface area contributed by atoms with Crippen LogP contribution in [-0.4, -0.2) is 22.6 Å². The molecule has 0 bridgehead atoms. The van der Waals surface area contributed by atoms with Crippen molar-refractivity contribution in [2.24, 2.45) is 0 Å². The van der Waals surface area contributed by atoms with E-state index in [2.05, 4.69) is 9.47 Å². The van der Waals surface area contributed by atoms with Gasteiger partial charge in [0, 0.05) is 13.8 Å². The van der Waals surface area contributed by atoms with Crippen LogP contribution in [0.1, 0.15) is 13.8 Å². The minimum Gasteiger partial charge on any atom is -0.402 e. The second kappa shape index (κ2) is 1.85. The van der Waals surface area contributed by atoms with Crippen molar-refractivity contribution in [1.82, 2.24) is 0 Å². The van der Waals surface area contributed by atoms with Crippen LogP contribution in [0, 0.1) is 0 Å². The van der Waals surface area contributed by atoms with Gasteiger partial charge in [-0.15, -0.1) is 0 Å². The lowest BCUT2D eigenvalue weighted by atomic mass is 10.2. The molecule has 0 spiro atoms. The van der Waals surface area contributed by atoms with Gasteiger partial charge in [0.05, 0.1) is 0 Å². The van der Waals surface area contributed by atoms with Gasteiger partial charge < -0.3 is 9.47 Å². The molecular formula is C6H6F2O4P+. The molecule has 2 fully saturated rings. The number of ether oxygens (including phenoxy) is 2. The van der Waals surface area contributed by atoms with Crippen LogP contribution in [0.5, 0.6) is 0 Å². The van der Waals surface area contributed by atoms with Gasteiger partial charge in [-0.1, -0.05) is 0 Å². The highest BCUT2D eigenvalue weighted by molar-refractivity contribution is 7.77. The molecule has 2 saturated heterocycles. The molecule has 4 nitrogen and oxygen atoms in total. The summed E-state index contributed by atoms with van der Waals surface area (Å²) in [7, 11) is -4.48. The van der Waals surface area contributed by atoms with Crippen LogP contribution >= 0.6 is 7.88 Å². The molecule has 0 aromatic heterocycles. The van der Waals surface area contributed by atoms with Gasteiger partial charge in [0.15, 0.2) is 0 Å². The molecule has 0 aromatic carbocycles. The molecule has 2 heterocycles. The zero-order valence-electron chi connectivity index (χ0n) is 6.84. The summed E-state index contributed by atoms with van der Waals surface area (Å²) in [6, 6.07) is 0. The van der Waals surface area contributed by atoms with E-state index in [0.29, 0.717) is 0 Å². The van der Waals surface area contributed by atoms with Gasteiger partial charge >= 0.3 is 30.5 Å². The molecule has 72 valence electrons. The summed E-state index contributed by atoms with van der Waals surface area (Å²) in [6.07, 6.45) is 0. The maximum absolute atomic E-state index is 13.2. The fourth-order valence-corrected chi connectivity index (χ4v) is 3.43. The van der Waals surface area contributed by atoms with Crippen molar-refractivity contribution in [3.63, 3.8) is 0 Å². The van der Waals surface area contributed by atoms with Gasteiger partial charge in [-0.2, -0.15) is 0 Å². The van der Waals surface area contributed by atoms with Crippen molar-refractivity contribution in [1.29, 1.82) is 0 Å². The van der Waals surface area contributed by atoms with Crippen LogP contribution in [0.3, 0.4) is 0 Å². The largest absolute Gasteiger partial charge is 0.491 e. The summed E-state index contributed by atoms with van der Waals surface area (Å²) in [5.41, 5.74) is 0. The van der Waals surface area contributed by atoms with Crippen molar-refractivity contribution in [2.75, 3.05) is 0 Å². The third kappa shape index (κ3) is 0.655. The second-order valence-corrected chi connectivity index (χ2v) is 5.99. The predicted molar refractivity (Wildman–Crippen MR) is 38.1 cm³/mol. The first kappa shape index (κ1) is 8.81. The van der Waals surface area contributed by atoms with E-state index >= 15 is 0 Å². The normalized spacial score (nSPS) is 46.2. The standard InChI is InChI=1S/C6H6F2O4P/c1-5-6(2,13(5,7)8)12-4(10)3(9)11-5/h1-2H3/q+1/t5-,6+. The predicted octanol–water partition coefficient (Wildman–Crippen LogP) is 1.32. The second-order valence-electron chi connectivity index (χ2n) is 3.26. The molecule has 7 heteroatoms. The van der Waals surface area contributed by atoms with Gasteiger partial charge in [0.1, 0.15) is 0 Å². The Labute approximate surface area is 72.8 Å². The third-order valence-electron chi connectivity index (χ3n) is 2.63. The van der Waals surface area contributed by atoms with Crippen LogP contribution in [0.4, 0.5) is 8.39 Å². The lowest BCUT2D eigenvalue weighted by Gasteiger charge is -2.14. The molecule has 0 unspecified atom stereocenters. The number of carbonyl (C=O) groups is 2. The molecule has 0 radical (unpaired) electrons. The average molecular weight is 211 g/mol. The van der Waals surface area contributed by atoms with Crippen LogP contribution in [-0.2, 0) is 19.1 Å². The molecule has 0 aromatic rings. The zero-order valence-corrected chi connectivity index (χ0v) is 7.73. The Bertz CT molecular complexity index is 301. The van der Waals surface area contributed by atoms with Crippen molar-refractivity contribution < 1.29 is 27.5 Å². The Morgan fingerprint density at radius 2 is 1.38 bits per heavy atom. The minimum absolute atomic E-state index is 1.09. The molecule has 0 N–H and O–H groups in total. The number of hydrogen-bond donors (Lipinski definition) is 0. The number of esters is 2.